The van der Waals surface area contributed by atoms with Crippen LogP contribution in [0.5, 0.6) is 0 Å². The van der Waals surface area contributed by atoms with Crippen LogP contribution in [0.3, 0.4) is 0 Å². The van der Waals surface area contributed by atoms with Gasteiger partial charge in [0.2, 0.25) is 0 Å². The van der Waals surface area contributed by atoms with Crippen molar-refractivity contribution in [1.82, 2.24) is 15.3 Å². The van der Waals surface area contributed by atoms with Gasteiger partial charge in [-0.2, -0.15) is 0 Å². The number of amides is 1. The summed E-state index contributed by atoms with van der Waals surface area (Å²) in [6, 6.07) is 7.40. The first-order chi connectivity index (χ1) is 14.8. The summed E-state index contributed by atoms with van der Waals surface area (Å²) in [6.45, 7) is 5.03. The highest BCUT2D eigenvalue weighted by atomic mass is 35.5. The number of aliphatic hydroxyl groups is 1. The van der Waals surface area contributed by atoms with Gasteiger partial charge >= 0.3 is 0 Å². The lowest BCUT2D eigenvalue weighted by Gasteiger charge is -2.23. The fourth-order valence-electron chi connectivity index (χ4n) is 3.65. The molecule has 6 nitrogen and oxygen atoms in total. The van der Waals surface area contributed by atoms with E-state index in [-0.39, 0.29) is 24.1 Å². The molecule has 1 atom stereocenters. The van der Waals surface area contributed by atoms with Crippen LogP contribution in [0, 0.1) is 5.92 Å². The van der Waals surface area contributed by atoms with Crippen LogP contribution in [-0.4, -0.2) is 46.7 Å². The van der Waals surface area contributed by atoms with Gasteiger partial charge in [-0.05, 0) is 44.2 Å². The molecule has 2 aromatic rings. The molecule has 3 rings (SSSR count). The van der Waals surface area contributed by atoms with E-state index in [4.69, 9.17) is 11.6 Å². The van der Waals surface area contributed by atoms with Gasteiger partial charge in [-0.15, -0.1) is 0 Å². The number of nitrogens with one attached hydrogen (secondary N) is 1. The molecule has 1 fully saturated rings. The number of nitrogens with zero attached hydrogens (tertiary/aromatic N) is 3. The van der Waals surface area contributed by atoms with Crippen LogP contribution in [0.1, 0.15) is 62.9 Å². The Labute approximate surface area is 190 Å². The van der Waals surface area contributed by atoms with Crippen molar-refractivity contribution in [3.05, 3.63) is 41.2 Å². The van der Waals surface area contributed by atoms with Gasteiger partial charge in [0.15, 0.2) is 5.82 Å². The standard InChI is InChI=1S/C24H33ClN4O2/c1-4-5-6-7-14-29(3)22-21(17-8-12-19(25)13-9-17)28-20(15-26-22)23(30)27-16-24(2,31)18-10-11-18/h8-9,12-13,15,18,31H,4-7,10-11,14,16H2,1-3H3,(H,27,30)/t24-/m0/s1. The van der Waals surface area contributed by atoms with E-state index in [0.717, 1.165) is 37.2 Å². The number of rotatable bonds is 11. The molecular formula is C24H33ClN4O2. The quantitative estimate of drug-likeness (QED) is 0.491. The van der Waals surface area contributed by atoms with Crippen LogP contribution < -0.4 is 10.2 Å². The number of anilines is 1. The van der Waals surface area contributed by atoms with E-state index in [9.17, 15) is 9.90 Å². The second kappa shape index (κ2) is 10.4. The third kappa shape index (κ3) is 6.40. The van der Waals surface area contributed by atoms with Crippen molar-refractivity contribution in [2.75, 3.05) is 25.0 Å². The van der Waals surface area contributed by atoms with Crippen molar-refractivity contribution in [3.63, 3.8) is 0 Å². The van der Waals surface area contributed by atoms with Crippen LogP contribution in [-0.2, 0) is 0 Å². The van der Waals surface area contributed by atoms with Crippen molar-refractivity contribution in [2.24, 2.45) is 5.92 Å². The summed E-state index contributed by atoms with van der Waals surface area (Å²) in [6.07, 6.45) is 8.17. The molecule has 0 unspecified atom stereocenters. The summed E-state index contributed by atoms with van der Waals surface area (Å²) in [5, 5.41) is 13.9. The number of carbonyl (C=O) groups excluding carboxylic acids is 1. The van der Waals surface area contributed by atoms with Crippen LogP contribution in [0.2, 0.25) is 5.02 Å². The number of unbranched alkanes of at least 4 members (excludes halogenated alkanes) is 3. The fraction of sp³-hybridized carbons (Fsp3) is 0.542. The van der Waals surface area contributed by atoms with E-state index in [1.54, 1.807) is 6.92 Å². The minimum Gasteiger partial charge on any atom is -0.388 e. The van der Waals surface area contributed by atoms with Crippen LogP contribution >= 0.6 is 11.6 Å². The molecule has 1 amide bonds. The normalized spacial score (nSPS) is 15.4. The summed E-state index contributed by atoms with van der Waals surface area (Å²) in [5.41, 5.74) is 0.851. The molecule has 1 heterocycles. The van der Waals surface area contributed by atoms with E-state index in [0.29, 0.717) is 10.7 Å². The topological polar surface area (TPSA) is 78.4 Å². The van der Waals surface area contributed by atoms with E-state index in [1.807, 2.05) is 31.3 Å². The highest BCUT2D eigenvalue weighted by Gasteiger charge is 2.40. The van der Waals surface area contributed by atoms with E-state index < -0.39 is 5.60 Å². The summed E-state index contributed by atoms with van der Waals surface area (Å²) in [4.78, 5) is 24.1. The molecule has 31 heavy (non-hydrogen) atoms. The van der Waals surface area contributed by atoms with Crippen molar-refractivity contribution < 1.29 is 9.90 Å². The molecule has 7 heteroatoms. The number of hydrogen-bond donors (Lipinski definition) is 2. The van der Waals surface area contributed by atoms with Gasteiger partial charge in [0.25, 0.3) is 5.91 Å². The second-order valence-corrected chi connectivity index (χ2v) is 9.17. The summed E-state index contributed by atoms with van der Waals surface area (Å²) < 4.78 is 0. The predicted octanol–water partition coefficient (Wildman–Crippen LogP) is 4.70. The zero-order valence-electron chi connectivity index (χ0n) is 18.7. The molecule has 1 aromatic carbocycles. The van der Waals surface area contributed by atoms with E-state index in [1.165, 1.54) is 25.5 Å². The van der Waals surface area contributed by atoms with Crippen molar-refractivity contribution >= 4 is 23.3 Å². The molecule has 1 aliphatic rings. The Morgan fingerprint density at radius 1 is 1.26 bits per heavy atom. The smallest absolute Gasteiger partial charge is 0.271 e. The SMILES string of the molecule is CCCCCCN(C)c1ncc(C(=O)NC[C@](C)(O)C2CC2)nc1-c1ccc(Cl)cc1. The maximum Gasteiger partial charge on any atom is 0.271 e. The first-order valence-electron chi connectivity index (χ1n) is 11.2. The first kappa shape index (κ1) is 23.5. The van der Waals surface area contributed by atoms with Gasteiger partial charge in [0.1, 0.15) is 11.4 Å². The number of aromatic nitrogens is 2. The molecule has 1 saturated carbocycles. The van der Waals surface area contributed by atoms with E-state index >= 15 is 0 Å². The molecule has 0 saturated heterocycles. The van der Waals surface area contributed by atoms with Crippen molar-refractivity contribution in [2.45, 2.75) is 58.0 Å². The molecule has 0 aliphatic heterocycles. The fourth-order valence-corrected chi connectivity index (χ4v) is 3.78. The highest BCUT2D eigenvalue weighted by Crippen LogP contribution is 2.39. The van der Waals surface area contributed by atoms with Crippen LogP contribution in [0.4, 0.5) is 5.82 Å². The van der Waals surface area contributed by atoms with Crippen molar-refractivity contribution in [1.29, 1.82) is 0 Å². The van der Waals surface area contributed by atoms with Crippen LogP contribution in [0.25, 0.3) is 11.3 Å². The third-order valence-corrected chi connectivity index (χ3v) is 6.13. The predicted molar refractivity (Wildman–Crippen MR) is 126 cm³/mol. The lowest BCUT2D eigenvalue weighted by atomic mass is 10.0. The zero-order chi connectivity index (χ0) is 22.4. The Hall–Kier alpha value is -2.18. The van der Waals surface area contributed by atoms with Crippen LogP contribution in [0.15, 0.2) is 30.5 Å². The van der Waals surface area contributed by atoms with Gasteiger partial charge in [0, 0.05) is 30.7 Å². The average Bonchev–Trinajstić information content (AvgIpc) is 3.61. The molecule has 1 aliphatic carbocycles. The molecule has 0 spiro atoms. The number of halogens is 1. The Morgan fingerprint density at radius 3 is 2.61 bits per heavy atom. The monoisotopic (exact) mass is 444 g/mol. The lowest BCUT2D eigenvalue weighted by Crippen LogP contribution is -2.42. The second-order valence-electron chi connectivity index (χ2n) is 8.73. The van der Waals surface area contributed by atoms with Gasteiger partial charge in [-0.25, -0.2) is 9.97 Å². The molecular weight excluding hydrogens is 412 g/mol. The highest BCUT2D eigenvalue weighted by molar-refractivity contribution is 6.30. The number of carbonyl (C=O) groups is 1. The molecule has 168 valence electrons. The largest absolute Gasteiger partial charge is 0.388 e. The molecule has 2 N–H and O–H groups in total. The summed E-state index contributed by atoms with van der Waals surface area (Å²) in [5.74, 6) is 0.661. The average molecular weight is 445 g/mol. The lowest BCUT2D eigenvalue weighted by molar-refractivity contribution is 0.0353. The van der Waals surface area contributed by atoms with Gasteiger partial charge in [-0.3, -0.25) is 4.79 Å². The minimum atomic E-state index is -0.888. The Bertz CT molecular complexity index is 882. The summed E-state index contributed by atoms with van der Waals surface area (Å²) in [7, 11) is 2.00. The first-order valence-corrected chi connectivity index (χ1v) is 11.5. The Balaban J connectivity index is 1.80. The van der Waals surface area contributed by atoms with E-state index in [2.05, 4.69) is 27.1 Å². The molecule has 0 bridgehead atoms. The minimum absolute atomic E-state index is 0.202. The summed E-state index contributed by atoms with van der Waals surface area (Å²) >= 11 is 6.06. The molecule has 1 aromatic heterocycles. The Kier molecular flexibility index (Phi) is 7.89. The maximum atomic E-state index is 12.7. The number of benzene rings is 1. The number of hydrogen-bond acceptors (Lipinski definition) is 5. The third-order valence-electron chi connectivity index (χ3n) is 5.88. The van der Waals surface area contributed by atoms with Gasteiger partial charge in [0.05, 0.1) is 11.8 Å². The molecule has 0 radical (unpaired) electrons. The Morgan fingerprint density at radius 2 is 1.97 bits per heavy atom. The van der Waals surface area contributed by atoms with Gasteiger partial charge in [-0.1, -0.05) is 49.9 Å². The maximum absolute atomic E-state index is 12.7. The van der Waals surface area contributed by atoms with Crippen molar-refractivity contribution in [3.8, 4) is 11.3 Å². The van der Waals surface area contributed by atoms with Gasteiger partial charge < -0.3 is 15.3 Å². The zero-order valence-corrected chi connectivity index (χ0v) is 19.5.